The van der Waals surface area contributed by atoms with Gasteiger partial charge in [-0.25, -0.2) is 0 Å². The maximum atomic E-state index is 11.0. The highest BCUT2D eigenvalue weighted by Gasteiger charge is 2.34. The van der Waals surface area contributed by atoms with E-state index in [9.17, 15) is 9.59 Å². The molecule has 76 valence electrons. The zero-order valence-corrected chi connectivity index (χ0v) is 8.92. The minimum absolute atomic E-state index is 0.371. The molecule has 0 aliphatic heterocycles. The van der Waals surface area contributed by atoms with Crippen LogP contribution in [0, 0.1) is 0 Å². The van der Waals surface area contributed by atoms with E-state index in [1.165, 1.54) is 11.3 Å². The van der Waals surface area contributed by atoms with E-state index in [0.29, 0.717) is 11.8 Å². The maximum Gasteiger partial charge on any atom is 0.160 e. The van der Waals surface area contributed by atoms with Gasteiger partial charge in [0.1, 0.15) is 0 Å². The van der Waals surface area contributed by atoms with Gasteiger partial charge in [0.15, 0.2) is 12.6 Å². The second kappa shape index (κ2) is 3.14. The smallest absolute Gasteiger partial charge is 0.160 e. The van der Waals surface area contributed by atoms with Crippen molar-refractivity contribution >= 4 is 23.9 Å². The lowest BCUT2D eigenvalue weighted by atomic mass is 9.72. The van der Waals surface area contributed by atoms with E-state index in [4.69, 9.17) is 0 Å². The molecule has 0 N–H and O–H groups in total. The number of hydrogen-bond donors (Lipinski definition) is 0. The Bertz CT molecular complexity index is 430. The normalized spacial score (nSPS) is 26.4. The molecule has 2 bridgehead atoms. The number of carbonyl (C=O) groups is 2. The maximum absolute atomic E-state index is 11.0. The van der Waals surface area contributed by atoms with Gasteiger partial charge >= 0.3 is 0 Å². The van der Waals surface area contributed by atoms with Crippen LogP contribution in [0.15, 0.2) is 12.2 Å². The van der Waals surface area contributed by atoms with E-state index in [0.717, 1.165) is 46.3 Å². The molecule has 0 unspecified atom stereocenters. The molecule has 0 aromatic carbocycles. The van der Waals surface area contributed by atoms with Crippen LogP contribution in [0.1, 0.15) is 55.1 Å². The molecule has 1 aromatic rings. The third-order valence-corrected chi connectivity index (χ3v) is 4.43. The van der Waals surface area contributed by atoms with E-state index in [-0.39, 0.29) is 0 Å². The highest BCUT2D eigenvalue weighted by Crippen LogP contribution is 2.49. The second-order valence-corrected chi connectivity index (χ2v) is 5.15. The second-order valence-electron chi connectivity index (χ2n) is 4.07. The van der Waals surface area contributed by atoms with Crippen LogP contribution < -0.4 is 0 Å². The quantitative estimate of drug-likeness (QED) is 0.565. The number of fused-ring (bicyclic) bond motifs is 1. The molecule has 0 radical (unpaired) electrons. The molecular formula is C12H10O2S. The first-order valence-electron chi connectivity index (χ1n) is 5.10. The van der Waals surface area contributed by atoms with Gasteiger partial charge in [-0.2, -0.15) is 0 Å². The van der Waals surface area contributed by atoms with Gasteiger partial charge in [-0.3, -0.25) is 9.59 Å². The molecule has 2 nitrogen and oxygen atoms in total. The Morgan fingerprint density at radius 1 is 1.00 bits per heavy atom. The fourth-order valence-corrected chi connectivity index (χ4v) is 3.81. The van der Waals surface area contributed by atoms with Crippen LogP contribution in [0.25, 0.3) is 0 Å². The average Bonchev–Trinajstić information content (AvgIpc) is 2.71. The fraction of sp³-hybridized carbons (Fsp3) is 0.333. The number of thiophene rings is 1. The van der Waals surface area contributed by atoms with Crippen molar-refractivity contribution < 1.29 is 9.59 Å². The molecule has 0 amide bonds. The molecule has 0 spiro atoms. The molecule has 2 atom stereocenters. The molecular weight excluding hydrogens is 208 g/mol. The van der Waals surface area contributed by atoms with Gasteiger partial charge in [0.2, 0.25) is 0 Å². The summed E-state index contributed by atoms with van der Waals surface area (Å²) in [6.07, 6.45) is 8.39. The first-order valence-corrected chi connectivity index (χ1v) is 5.92. The predicted octanol–water partition coefficient (Wildman–Crippen LogP) is 2.90. The predicted molar refractivity (Wildman–Crippen MR) is 59.0 cm³/mol. The van der Waals surface area contributed by atoms with Crippen LogP contribution in [-0.2, 0) is 0 Å². The first kappa shape index (κ1) is 9.04. The zero-order valence-electron chi connectivity index (χ0n) is 8.10. The molecule has 3 heteroatoms. The summed E-state index contributed by atoms with van der Waals surface area (Å²) in [6.45, 7) is 0. The van der Waals surface area contributed by atoms with Crippen molar-refractivity contribution in [1.82, 2.24) is 0 Å². The Kier molecular flexibility index (Phi) is 1.89. The van der Waals surface area contributed by atoms with Crippen molar-refractivity contribution in [2.24, 2.45) is 0 Å². The van der Waals surface area contributed by atoms with Crippen LogP contribution in [0.4, 0.5) is 0 Å². The number of carbonyl (C=O) groups excluding carboxylic acids is 2. The summed E-state index contributed by atoms with van der Waals surface area (Å²) in [6, 6.07) is 0. The van der Waals surface area contributed by atoms with E-state index in [2.05, 4.69) is 12.2 Å². The summed E-state index contributed by atoms with van der Waals surface area (Å²) in [5, 5.41) is 0. The molecule has 0 fully saturated rings. The number of hydrogen-bond acceptors (Lipinski definition) is 3. The summed E-state index contributed by atoms with van der Waals surface area (Å²) in [5.41, 5.74) is 2.27. The standard InChI is InChI=1S/C12H10O2S/c13-5-9-11-7-1-2-8(4-3-7)12(11)10(6-14)15-9/h1-2,5-8H,3-4H2/t7-,8+. The monoisotopic (exact) mass is 218 g/mol. The van der Waals surface area contributed by atoms with Gasteiger partial charge < -0.3 is 0 Å². The number of rotatable bonds is 2. The van der Waals surface area contributed by atoms with Gasteiger partial charge in [0.25, 0.3) is 0 Å². The van der Waals surface area contributed by atoms with Crippen LogP contribution in [0.5, 0.6) is 0 Å². The largest absolute Gasteiger partial charge is 0.297 e. The number of aldehydes is 2. The fourth-order valence-electron chi connectivity index (χ4n) is 2.73. The van der Waals surface area contributed by atoms with Crippen LogP contribution in [0.2, 0.25) is 0 Å². The average molecular weight is 218 g/mol. The van der Waals surface area contributed by atoms with Crippen LogP contribution in [-0.4, -0.2) is 12.6 Å². The summed E-state index contributed by atoms with van der Waals surface area (Å²) in [5.74, 6) is 0.741. The third kappa shape index (κ3) is 1.10. The molecule has 3 aliphatic carbocycles. The van der Waals surface area contributed by atoms with Crippen molar-refractivity contribution in [3.8, 4) is 0 Å². The lowest BCUT2D eigenvalue weighted by Crippen LogP contribution is -2.17. The Morgan fingerprint density at radius 3 is 1.80 bits per heavy atom. The lowest BCUT2D eigenvalue weighted by Gasteiger charge is -2.31. The van der Waals surface area contributed by atoms with Crippen molar-refractivity contribution in [2.75, 3.05) is 0 Å². The van der Waals surface area contributed by atoms with Gasteiger partial charge in [-0.05, 0) is 24.0 Å². The molecule has 4 rings (SSSR count). The van der Waals surface area contributed by atoms with Crippen LogP contribution in [0.3, 0.4) is 0 Å². The van der Waals surface area contributed by atoms with Crippen molar-refractivity contribution in [3.05, 3.63) is 33.0 Å². The molecule has 0 saturated heterocycles. The van der Waals surface area contributed by atoms with Gasteiger partial charge in [-0.1, -0.05) is 12.2 Å². The van der Waals surface area contributed by atoms with E-state index < -0.39 is 0 Å². The van der Waals surface area contributed by atoms with Gasteiger partial charge in [0.05, 0.1) is 9.75 Å². The zero-order chi connectivity index (χ0) is 10.4. The molecule has 3 aliphatic rings. The summed E-state index contributed by atoms with van der Waals surface area (Å²) in [4.78, 5) is 23.4. The highest BCUT2D eigenvalue weighted by atomic mass is 32.1. The topological polar surface area (TPSA) is 34.1 Å². The van der Waals surface area contributed by atoms with Crippen LogP contribution >= 0.6 is 11.3 Å². The Morgan fingerprint density at radius 2 is 1.47 bits per heavy atom. The Labute approximate surface area is 91.6 Å². The molecule has 0 saturated carbocycles. The molecule has 15 heavy (non-hydrogen) atoms. The molecule has 1 heterocycles. The van der Waals surface area contributed by atoms with Crippen molar-refractivity contribution in [1.29, 1.82) is 0 Å². The Hall–Kier alpha value is -1.22. The van der Waals surface area contributed by atoms with Crippen molar-refractivity contribution in [2.45, 2.75) is 24.7 Å². The van der Waals surface area contributed by atoms with E-state index in [1.54, 1.807) is 0 Å². The number of allylic oxidation sites excluding steroid dienone is 2. The van der Waals surface area contributed by atoms with Gasteiger partial charge in [-0.15, -0.1) is 11.3 Å². The highest BCUT2D eigenvalue weighted by molar-refractivity contribution is 7.15. The molecule has 1 aromatic heterocycles. The first-order chi connectivity index (χ1) is 7.35. The SMILES string of the molecule is O=Cc1sc(C=O)c2c1[C@@H]1C=C[C@H]2CC1. The summed E-state index contributed by atoms with van der Waals surface area (Å²) in [7, 11) is 0. The minimum Gasteiger partial charge on any atom is -0.297 e. The van der Waals surface area contributed by atoms with E-state index >= 15 is 0 Å². The Balaban J connectivity index is 2.29. The lowest BCUT2D eigenvalue weighted by molar-refractivity contribution is 0.111. The minimum atomic E-state index is 0.371. The summed E-state index contributed by atoms with van der Waals surface area (Å²) >= 11 is 1.35. The van der Waals surface area contributed by atoms with Crippen molar-refractivity contribution in [3.63, 3.8) is 0 Å². The summed E-state index contributed by atoms with van der Waals surface area (Å²) < 4.78 is 0. The van der Waals surface area contributed by atoms with E-state index in [1.807, 2.05) is 0 Å². The third-order valence-electron chi connectivity index (χ3n) is 3.36. The van der Waals surface area contributed by atoms with Gasteiger partial charge in [0, 0.05) is 11.8 Å².